The average molecular weight is 191 g/mol. The van der Waals surface area contributed by atoms with Gasteiger partial charge in [0.15, 0.2) is 0 Å². The molecule has 0 saturated heterocycles. The highest BCUT2D eigenvalue weighted by Gasteiger charge is 1.90. The lowest BCUT2D eigenvalue weighted by atomic mass is 10.1. The first-order valence-corrected chi connectivity index (χ1v) is 4.90. The Hall–Kier alpha value is -1.28. The second-order valence-corrected chi connectivity index (χ2v) is 3.24. The second kappa shape index (κ2) is 6.22. The molecule has 2 nitrogen and oxygen atoms in total. The van der Waals surface area contributed by atoms with E-state index < -0.39 is 0 Å². The third-order valence-electron chi connectivity index (χ3n) is 1.99. The maximum atomic E-state index is 9.22. The molecule has 0 atom stereocenters. The van der Waals surface area contributed by atoms with Gasteiger partial charge in [0.25, 0.3) is 0 Å². The molecule has 0 aliphatic heterocycles. The van der Waals surface area contributed by atoms with Crippen LogP contribution in [0.2, 0.25) is 0 Å². The van der Waals surface area contributed by atoms with Gasteiger partial charge in [0.05, 0.1) is 0 Å². The molecule has 2 heteroatoms. The first kappa shape index (κ1) is 10.8. The number of aromatic hydroxyl groups is 1. The zero-order valence-corrected chi connectivity index (χ0v) is 8.53. The Labute approximate surface area is 85.3 Å². The average Bonchev–Trinajstić information content (AvgIpc) is 2.18. The predicted octanol–water partition coefficient (Wildman–Crippen LogP) is 2.10. The molecule has 0 saturated carbocycles. The summed E-state index contributed by atoms with van der Waals surface area (Å²) < 4.78 is 0. The minimum Gasteiger partial charge on any atom is -0.508 e. The highest BCUT2D eigenvalue weighted by atomic mass is 16.3. The van der Waals surface area contributed by atoms with Crippen molar-refractivity contribution >= 4 is 0 Å². The minimum atomic E-state index is 0.339. The van der Waals surface area contributed by atoms with Crippen LogP contribution in [-0.4, -0.2) is 18.7 Å². The van der Waals surface area contributed by atoms with Gasteiger partial charge in [0.1, 0.15) is 5.75 Å². The van der Waals surface area contributed by atoms with Crippen molar-refractivity contribution in [2.45, 2.75) is 12.8 Å². The highest BCUT2D eigenvalue weighted by Crippen LogP contribution is 2.11. The van der Waals surface area contributed by atoms with E-state index in [1.807, 2.05) is 19.2 Å². The molecule has 0 unspecified atom stereocenters. The molecule has 0 aliphatic carbocycles. The molecule has 1 rings (SSSR count). The fraction of sp³-hybridized carbons (Fsp3) is 0.333. The van der Waals surface area contributed by atoms with Crippen LogP contribution >= 0.6 is 0 Å². The van der Waals surface area contributed by atoms with Gasteiger partial charge in [0, 0.05) is 0 Å². The third-order valence-corrected chi connectivity index (χ3v) is 1.99. The molecule has 1 aromatic carbocycles. The van der Waals surface area contributed by atoms with Crippen LogP contribution in [0.4, 0.5) is 0 Å². The van der Waals surface area contributed by atoms with E-state index in [2.05, 4.69) is 17.5 Å². The largest absolute Gasteiger partial charge is 0.508 e. The van der Waals surface area contributed by atoms with Crippen molar-refractivity contribution in [2.75, 3.05) is 13.6 Å². The molecule has 0 bridgehead atoms. The maximum absolute atomic E-state index is 9.22. The fourth-order valence-corrected chi connectivity index (χ4v) is 1.25. The van der Waals surface area contributed by atoms with Gasteiger partial charge < -0.3 is 10.4 Å². The molecule has 0 spiro atoms. The second-order valence-electron chi connectivity index (χ2n) is 3.24. The summed E-state index contributed by atoms with van der Waals surface area (Å²) in [4.78, 5) is 0. The summed E-state index contributed by atoms with van der Waals surface area (Å²) in [6.07, 6.45) is 6.22. The van der Waals surface area contributed by atoms with Crippen molar-refractivity contribution in [1.82, 2.24) is 5.32 Å². The van der Waals surface area contributed by atoms with Crippen LogP contribution in [0.15, 0.2) is 36.4 Å². The Morgan fingerprint density at radius 3 is 2.93 bits per heavy atom. The molecule has 0 radical (unpaired) electrons. The summed E-state index contributed by atoms with van der Waals surface area (Å²) in [6, 6.07) is 7.37. The quantitative estimate of drug-likeness (QED) is 0.552. The molecular weight excluding hydrogens is 174 g/mol. The van der Waals surface area contributed by atoms with Gasteiger partial charge in [-0.3, -0.25) is 0 Å². The molecule has 14 heavy (non-hydrogen) atoms. The van der Waals surface area contributed by atoms with Gasteiger partial charge >= 0.3 is 0 Å². The van der Waals surface area contributed by atoms with Crippen LogP contribution in [0, 0.1) is 0 Å². The Kier molecular flexibility index (Phi) is 4.79. The van der Waals surface area contributed by atoms with E-state index in [1.54, 1.807) is 12.1 Å². The topological polar surface area (TPSA) is 32.3 Å². The van der Waals surface area contributed by atoms with Crippen LogP contribution < -0.4 is 5.32 Å². The number of phenols is 1. The minimum absolute atomic E-state index is 0.339. The molecule has 2 N–H and O–H groups in total. The molecular formula is C12H17NO. The third kappa shape index (κ3) is 4.10. The van der Waals surface area contributed by atoms with Gasteiger partial charge in [-0.1, -0.05) is 24.3 Å². The number of benzene rings is 1. The van der Waals surface area contributed by atoms with Crippen LogP contribution in [0.5, 0.6) is 5.75 Å². The van der Waals surface area contributed by atoms with Gasteiger partial charge in [-0.2, -0.15) is 0 Å². The van der Waals surface area contributed by atoms with E-state index in [4.69, 9.17) is 0 Å². The van der Waals surface area contributed by atoms with Crippen molar-refractivity contribution in [3.05, 3.63) is 42.0 Å². The summed E-state index contributed by atoms with van der Waals surface area (Å²) in [7, 11) is 1.95. The van der Waals surface area contributed by atoms with Crippen molar-refractivity contribution in [2.24, 2.45) is 0 Å². The molecule has 0 heterocycles. The lowest BCUT2D eigenvalue weighted by Crippen LogP contribution is -2.05. The zero-order chi connectivity index (χ0) is 10.2. The fourth-order valence-electron chi connectivity index (χ4n) is 1.25. The van der Waals surface area contributed by atoms with Crippen LogP contribution in [0.1, 0.15) is 12.0 Å². The predicted molar refractivity (Wildman–Crippen MR) is 59.5 cm³/mol. The standard InChI is InChI=1S/C12H17NO/c1-13-9-4-2-3-6-11-7-5-8-12(14)10-11/h2-3,5,7-8,10,13-14H,4,6,9H2,1H3. The van der Waals surface area contributed by atoms with Gasteiger partial charge in [-0.25, -0.2) is 0 Å². The Morgan fingerprint density at radius 1 is 1.36 bits per heavy atom. The van der Waals surface area contributed by atoms with Gasteiger partial charge in [0.2, 0.25) is 0 Å². The lowest BCUT2D eigenvalue weighted by Gasteiger charge is -1.97. The molecule has 0 amide bonds. The smallest absolute Gasteiger partial charge is 0.115 e. The summed E-state index contributed by atoms with van der Waals surface area (Å²) in [6.45, 7) is 1.01. The number of hydrogen-bond acceptors (Lipinski definition) is 2. The van der Waals surface area contributed by atoms with Crippen LogP contribution in [-0.2, 0) is 6.42 Å². The molecule has 1 aromatic rings. The number of phenolic OH excluding ortho intramolecular Hbond substituents is 1. The summed E-state index contributed by atoms with van der Waals surface area (Å²) >= 11 is 0. The van der Waals surface area contributed by atoms with E-state index in [-0.39, 0.29) is 0 Å². The summed E-state index contributed by atoms with van der Waals surface area (Å²) in [5.74, 6) is 0.339. The number of nitrogens with one attached hydrogen (secondary N) is 1. The van der Waals surface area contributed by atoms with Crippen LogP contribution in [0.3, 0.4) is 0 Å². The Morgan fingerprint density at radius 2 is 2.21 bits per heavy atom. The van der Waals surface area contributed by atoms with Gasteiger partial charge in [-0.15, -0.1) is 0 Å². The van der Waals surface area contributed by atoms with E-state index in [0.29, 0.717) is 5.75 Å². The Bertz CT molecular complexity index is 294. The number of hydrogen-bond donors (Lipinski definition) is 2. The SMILES string of the molecule is CNCCC=CCc1cccc(O)c1. The molecule has 0 aliphatic rings. The Balaban J connectivity index is 2.34. The van der Waals surface area contributed by atoms with Crippen LogP contribution in [0.25, 0.3) is 0 Å². The maximum Gasteiger partial charge on any atom is 0.115 e. The van der Waals surface area contributed by atoms with Crippen molar-refractivity contribution in [1.29, 1.82) is 0 Å². The monoisotopic (exact) mass is 191 g/mol. The zero-order valence-electron chi connectivity index (χ0n) is 8.53. The first-order chi connectivity index (χ1) is 6.83. The van der Waals surface area contributed by atoms with Gasteiger partial charge in [-0.05, 0) is 44.1 Å². The lowest BCUT2D eigenvalue weighted by molar-refractivity contribution is 0.474. The van der Waals surface area contributed by atoms with Crippen molar-refractivity contribution in [3.63, 3.8) is 0 Å². The molecule has 0 fully saturated rings. The number of rotatable bonds is 5. The summed E-state index contributed by atoms with van der Waals surface area (Å²) in [5, 5.41) is 12.3. The first-order valence-electron chi connectivity index (χ1n) is 4.90. The normalized spacial score (nSPS) is 10.9. The van der Waals surface area contributed by atoms with E-state index in [9.17, 15) is 5.11 Å². The molecule has 0 aromatic heterocycles. The van der Waals surface area contributed by atoms with E-state index in [1.165, 1.54) is 0 Å². The molecule has 76 valence electrons. The summed E-state index contributed by atoms with van der Waals surface area (Å²) in [5.41, 5.74) is 1.14. The van der Waals surface area contributed by atoms with Crippen molar-refractivity contribution < 1.29 is 5.11 Å². The van der Waals surface area contributed by atoms with E-state index in [0.717, 1.165) is 24.9 Å². The van der Waals surface area contributed by atoms with Crippen molar-refractivity contribution in [3.8, 4) is 5.75 Å². The highest BCUT2D eigenvalue weighted by molar-refractivity contribution is 5.28. The number of allylic oxidation sites excluding steroid dienone is 1. The van der Waals surface area contributed by atoms with E-state index >= 15 is 0 Å².